The Morgan fingerprint density at radius 2 is 1.90 bits per heavy atom. The number of hydrogen-bond acceptors (Lipinski definition) is 3. The summed E-state index contributed by atoms with van der Waals surface area (Å²) in [6.07, 6.45) is 1.09. The predicted octanol–water partition coefficient (Wildman–Crippen LogP) is 1.29. The second kappa shape index (κ2) is 5.79. The molecule has 0 N–H and O–H groups in total. The van der Waals surface area contributed by atoms with Gasteiger partial charge in [0.15, 0.2) is 0 Å². The van der Waals surface area contributed by atoms with Crippen LogP contribution in [0.5, 0.6) is 0 Å². The van der Waals surface area contributed by atoms with Gasteiger partial charge in [0, 0.05) is 26.4 Å². The van der Waals surface area contributed by atoms with Gasteiger partial charge in [0.2, 0.25) is 10.0 Å². The van der Waals surface area contributed by atoms with Crippen molar-refractivity contribution in [3.8, 4) is 0 Å². The molecule has 0 spiro atoms. The van der Waals surface area contributed by atoms with E-state index >= 15 is 0 Å². The fraction of sp³-hybridized carbons (Fsp3) is 0.214. The van der Waals surface area contributed by atoms with Gasteiger partial charge in [0.25, 0.3) is 5.56 Å². The lowest BCUT2D eigenvalue weighted by Crippen LogP contribution is -2.23. The summed E-state index contributed by atoms with van der Waals surface area (Å²) in [7, 11) is -0.651. The number of benzene rings is 1. The van der Waals surface area contributed by atoms with E-state index < -0.39 is 15.8 Å². The van der Waals surface area contributed by atoms with Crippen LogP contribution in [-0.4, -0.2) is 31.4 Å². The van der Waals surface area contributed by atoms with Crippen LogP contribution >= 0.6 is 0 Å². The van der Waals surface area contributed by atoms with Crippen molar-refractivity contribution in [1.82, 2.24) is 8.87 Å². The van der Waals surface area contributed by atoms with Gasteiger partial charge in [-0.2, -0.15) is 0 Å². The van der Waals surface area contributed by atoms with Crippen LogP contribution in [0.25, 0.3) is 0 Å². The van der Waals surface area contributed by atoms with Crippen molar-refractivity contribution in [3.05, 3.63) is 64.3 Å². The number of pyridine rings is 1. The second-order valence-corrected chi connectivity index (χ2v) is 6.90. The van der Waals surface area contributed by atoms with Gasteiger partial charge >= 0.3 is 0 Å². The summed E-state index contributed by atoms with van der Waals surface area (Å²) in [4.78, 5) is 11.8. The lowest BCUT2D eigenvalue weighted by molar-refractivity contribution is 0.520. The minimum absolute atomic E-state index is 0.105. The van der Waals surface area contributed by atoms with E-state index in [9.17, 15) is 17.6 Å². The van der Waals surface area contributed by atoms with E-state index in [1.54, 1.807) is 12.1 Å². The molecule has 0 fully saturated rings. The molecule has 112 valence electrons. The summed E-state index contributed by atoms with van der Waals surface area (Å²) in [5.74, 6) is -0.522. The predicted molar refractivity (Wildman–Crippen MR) is 77.1 cm³/mol. The molecule has 1 aromatic heterocycles. The van der Waals surface area contributed by atoms with Gasteiger partial charge in [-0.1, -0.05) is 12.1 Å². The maximum atomic E-state index is 13.2. The lowest BCUT2D eigenvalue weighted by Gasteiger charge is -2.12. The minimum Gasteiger partial charge on any atom is -0.308 e. The summed E-state index contributed by atoms with van der Waals surface area (Å²) >= 11 is 0. The van der Waals surface area contributed by atoms with Crippen LogP contribution in [0.15, 0.2) is 52.3 Å². The molecule has 7 heteroatoms. The van der Waals surface area contributed by atoms with Crippen molar-refractivity contribution in [3.63, 3.8) is 0 Å². The molecule has 0 saturated carbocycles. The first-order valence-corrected chi connectivity index (χ1v) is 7.62. The summed E-state index contributed by atoms with van der Waals surface area (Å²) in [5.41, 5.74) is 0.253. The SMILES string of the molecule is CN(C)S(=O)(=O)c1cccc(Cn2cc(F)ccc2=O)c1. The van der Waals surface area contributed by atoms with E-state index in [0.29, 0.717) is 5.56 Å². The van der Waals surface area contributed by atoms with Crippen molar-refractivity contribution in [2.45, 2.75) is 11.4 Å². The van der Waals surface area contributed by atoms with Crippen LogP contribution in [0.4, 0.5) is 4.39 Å². The van der Waals surface area contributed by atoms with Gasteiger partial charge in [-0.15, -0.1) is 0 Å². The van der Waals surface area contributed by atoms with Crippen molar-refractivity contribution in [2.75, 3.05) is 14.1 Å². The fourth-order valence-corrected chi connectivity index (χ4v) is 2.81. The van der Waals surface area contributed by atoms with E-state index in [0.717, 1.165) is 22.6 Å². The average molecular weight is 310 g/mol. The molecule has 0 aliphatic rings. The molecule has 0 aliphatic heterocycles. The van der Waals surface area contributed by atoms with Gasteiger partial charge < -0.3 is 4.57 Å². The fourth-order valence-electron chi connectivity index (χ4n) is 1.84. The normalized spacial score (nSPS) is 11.8. The Balaban J connectivity index is 2.39. The molecular weight excluding hydrogens is 295 g/mol. The van der Waals surface area contributed by atoms with Crippen molar-refractivity contribution < 1.29 is 12.8 Å². The molecule has 0 aliphatic carbocycles. The Bertz CT molecular complexity index is 813. The molecule has 2 aromatic rings. The van der Waals surface area contributed by atoms with Gasteiger partial charge in [-0.05, 0) is 23.8 Å². The Morgan fingerprint density at radius 1 is 1.19 bits per heavy atom. The number of halogens is 1. The van der Waals surface area contributed by atoms with E-state index in [1.807, 2.05) is 0 Å². The number of nitrogens with zero attached hydrogens (tertiary/aromatic N) is 2. The minimum atomic E-state index is -3.54. The smallest absolute Gasteiger partial charge is 0.251 e. The molecule has 0 unspecified atom stereocenters. The number of hydrogen-bond donors (Lipinski definition) is 0. The zero-order valence-electron chi connectivity index (χ0n) is 11.7. The molecule has 2 rings (SSSR count). The highest BCUT2D eigenvalue weighted by atomic mass is 32.2. The highest BCUT2D eigenvalue weighted by Crippen LogP contribution is 2.15. The molecule has 1 heterocycles. The third-order valence-corrected chi connectivity index (χ3v) is 4.79. The maximum absolute atomic E-state index is 13.2. The van der Waals surface area contributed by atoms with Gasteiger partial charge in [0.1, 0.15) is 5.82 Å². The molecule has 0 bridgehead atoms. The number of sulfonamides is 1. The van der Waals surface area contributed by atoms with Gasteiger partial charge in [0.05, 0.1) is 11.4 Å². The molecule has 0 amide bonds. The number of aromatic nitrogens is 1. The molecule has 21 heavy (non-hydrogen) atoms. The van der Waals surface area contributed by atoms with Crippen LogP contribution in [0.1, 0.15) is 5.56 Å². The standard InChI is InChI=1S/C14H15FN2O3S/c1-16(2)21(19,20)13-5-3-4-11(8-13)9-17-10-12(15)6-7-14(17)18/h3-8,10H,9H2,1-2H3. The van der Waals surface area contributed by atoms with Crippen molar-refractivity contribution in [2.24, 2.45) is 0 Å². The first kappa shape index (κ1) is 15.4. The zero-order chi connectivity index (χ0) is 15.6. The lowest BCUT2D eigenvalue weighted by atomic mass is 10.2. The number of rotatable bonds is 4. The first-order valence-electron chi connectivity index (χ1n) is 6.18. The van der Waals surface area contributed by atoms with Gasteiger partial charge in [-0.25, -0.2) is 17.1 Å². The zero-order valence-corrected chi connectivity index (χ0v) is 12.5. The van der Waals surface area contributed by atoms with Crippen LogP contribution in [0, 0.1) is 5.82 Å². The van der Waals surface area contributed by atoms with Crippen LogP contribution < -0.4 is 5.56 Å². The molecular formula is C14H15FN2O3S. The largest absolute Gasteiger partial charge is 0.308 e. The summed E-state index contributed by atoms with van der Waals surface area (Å²) < 4.78 is 39.6. The maximum Gasteiger partial charge on any atom is 0.251 e. The van der Waals surface area contributed by atoms with E-state index in [-0.39, 0.29) is 17.0 Å². The second-order valence-electron chi connectivity index (χ2n) is 4.75. The highest BCUT2D eigenvalue weighted by molar-refractivity contribution is 7.89. The average Bonchev–Trinajstić information content (AvgIpc) is 2.43. The monoisotopic (exact) mass is 310 g/mol. The quantitative estimate of drug-likeness (QED) is 0.855. The topological polar surface area (TPSA) is 59.4 Å². The molecule has 0 saturated heterocycles. The van der Waals surface area contributed by atoms with Crippen LogP contribution in [0.2, 0.25) is 0 Å². The summed E-state index contributed by atoms with van der Waals surface area (Å²) in [5, 5.41) is 0. The summed E-state index contributed by atoms with van der Waals surface area (Å²) in [6, 6.07) is 8.46. The Hall–Kier alpha value is -1.99. The van der Waals surface area contributed by atoms with Crippen molar-refractivity contribution >= 4 is 10.0 Å². The third-order valence-electron chi connectivity index (χ3n) is 2.98. The van der Waals surface area contributed by atoms with Crippen LogP contribution in [0.3, 0.4) is 0 Å². The Labute approximate surface area is 122 Å². The molecule has 5 nitrogen and oxygen atoms in total. The van der Waals surface area contributed by atoms with Gasteiger partial charge in [-0.3, -0.25) is 4.79 Å². The highest BCUT2D eigenvalue weighted by Gasteiger charge is 2.17. The van der Waals surface area contributed by atoms with E-state index in [4.69, 9.17) is 0 Å². The van der Waals surface area contributed by atoms with Crippen LogP contribution in [-0.2, 0) is 16.6 Å². The summed E-state index contributed by atoms with van der Waals surface area (Å²) in [6.45, 7) is 0.105. The molecule has 0 atom stereocenters. The molecule has 1 aromatic carbocycles. The van der Waals surface area contributed by atoms with E-state index in [1.165, 1.54) is 30.8 Å². The first-order chi connectivity index (χ1) is 9.80. The molecule has 0 radical (unpaired) electrons. The van der Waals surface area contributed by atoms with Crippen molar-refractivity contribution in [1.29, 1.82) is 0 Å². The Kier molecular flexibility index (Phi) is 4.24. The third kappa shape index (κ3) is 3.37. The Morgan fingerprint density at radius 3 is 2.57 bits per heavy atom. The van der Waals surface area contributed by atoms with E-state index in [2.05, 4.69) is 0 Å².